The van der Waals surface area contributed by atoms with E-state index in [1.54, 1.807) is 11.3 Å². The van der Waals surface area contributed by atoms with Crippen LogP contribution in [0.3, 0.4) is 0 Å². The number of halogens is 1. The van der Waals surface area contributed by atoms with Gasteiger partial charge in [-0.3, -0.25) is 0 Å². The molecule has 0 aliphatic carbocycles. The monoisotopic (exact) mass is 308 g/mol. The largest absolute Gasteiger partial charge is 0.313 e. The second-order valence-electron chi connectivity index (χ2n) is 5.02. The van der Waals surface area contributed by atoms with Gasteiger partial charge in [0.05, 0.1) is 0 Å². The molecule has 0 fully saturated rings. The normalized spacial score (nSPS) is 12.8. The van der Waals surface area contributed by atoms with Gasteiger partial charge >= 0.3 is 0 Å². The smallest absolute Gasteiger partial charge is 0.0453 e. The third kappa shape index (κ3) is 4.32. The minimum atomic E-state index is 0.300. The summed E-state index contributed by atoms with van der Waals surface area (Å²) >= 11 is 8.03. The van der Waals surface area contributed by atoms with Gasteiger partial charge in [-0.25, -0.2) is 0 Å². The molecular formula is C16H21ClN2S. The van der Waals surface area contributed by atoms with Gasteiger partial charge in [0.15, 0.2) is 0 Å². The second-order valence-corrected chi connectivity index (χ2v) is 6.21. The maximum Gasteiger partial charge on any atom is 0.0453 e. The molecule has 1 aromatic carbocycles. The van der Waals surface area contributed by atoms with Crippen LogP contribution in [0.15, 0.2) is 41.1 Å². The second kappa shape index (κ2) is 7.79. The van der Waals surface area contributed by atoms with Gasteiger partial charge in [0.1, 0.15) is 0 Å². The summed E-state index contributed by atoms with van der Waals surface area (Å²) in [5.74, 6) is 0. The van der Waals surface area contributed by atoms with Crippen molar-refractivity contribution in [2.75, 3.05) is 20.6 Å². The Hall–Kier alpha value is -0.870. The van der Waals surface area contributed by atoms with E-state index in [9.17, 15) is 0 Å². The zero-order chi connectivity index (χ0) is 14.4. The average Bonchev–Trinajstić information content (AvgIpc) is 2.94. The molecule has 108 valence electrons. The SMILES string of the molecule is CNC(CCN(C)Cc1ccsc1)c1ccccc1Cl. The van der Waals surface area contributed by atoms with Crippen molar-refractivity contribution in [2.24, 2.45) is 0 Å². The molecule has 0 saturated heterocycles. The van der Waals surface area contributed by atoms with Gasteiger partial charge in [-0.2, -0.15) is 11.3 Å². The van der Waals surface area contributed by atoms with E-state index in [1.165, 1.54) is 11.1 Å². The number of thiophene rings is 1. The van der Waals surface area contributed by atoms with Crippen molar-refractivity contribution in [3.05, 3.63) is 57.2 Å². The van der Waals surface area contributed by atoms with Crippen LogP contribution in [-0.4, -0.2) is 25.5 Å². The Morgan fingerprint density at radius 2 is 2.10 bits per heavy atom. The number of rotatable bonds is 7. The lowest BCUT2D eigenvalue weighted by molar-refractivity contribution is 0.304. The molecular weight excluding hydrogens is 288 g/mol. The summed E-state index contributed by atoms with van der Waals surface area (Å²) in [6, 6.07) is 10.6. The van der Waals surface area contributed by atoms with E-state index in [0.717, 1.165) is 24.5 Å². The van der Waals surface area contributed by atoms with Crippen molar-refractivity contribution >= 4 is 22.9 Å². The molecule has 1 N–H and O–H groups in total. The molecule has 1 atom stereocenters. The highest BCUT2D eigenvalue weighted by Crippen LogP contribution is 2.25. The van der Waals surface area contributed by atoms with Crippen molar-refractivity contribution < 1.29 is 0 Å². The van der Waals surface area contributed by atoms with E-state index in [2.05, 4.69) is 40.2 Å². The molecule has 0 radical (unpaired) electrons. The lowest BCUT2D eigenvalue weighted by Gasteiger charge is -2.22. The summed E-state index contributed by atoms with van der Waals surface area (Å²) in [4.78, 5) is 2.35. The highest BCUT2D eigenvalue weighted by molar-refractivity contribution is 7.07. The van der Waals surface area contributed by atoms with Gasteiger partial charge in [-0.05, 0) is 61.1 Å². The first-order chi connectivity index (χ1) is 9.70. The standard InChI is InChI=1S/C16H21ClN2S/c1-18-16(14-5-3-4-6-15(14)17)7-9-19(2)11-13-8-10-20-12-13/h3-6,8,10,12,16,18H,7,9,11H2,1-2H3. The number of nitrogens with one attached hydrogen (secondary N) is 1. The maximum absolute atomic E-state index is 6.28. The fourth-order valence-corrected chi connectivity index (χ4v) is 3.26. The molecule has 2 nitrogen and oxygen atoms in total. The summed E-state index contributed by atoms with van der Waals surface area (Å²) in [5, 5.41) is 8.54. The predicted octanol–water partition coefficient (Wildman–Crippen LogP) is 4.18. The summed E-state index contributed by atoms with van der Waals surface area (Å²) in [6.07, 6.45) is 1.04. The van der Waals surface area contributed by atoms with Gasteiger partial charge in [0, 0.05) is 17.6 Å². The number of hydrogen-bond donors (Lipinski definition) is 1. The number of nitrogens with zero attached hydrogens (tertiary/aromatic N) is 1. The van der Waals surface area contributed by atoms with E-state index in [-0.39, 0.29) is 0 Å². The number of hydrogen-bond acceptors (Lipinski definition) is 3. The van der Waals surface area contributed by atoms with Gasteiger partial charge < -0.3 is 10.2 Å². The Labute approximate surface area is 130 Å². The molecule has 4 heteroatoms. The molecule has 0 bridgehead atoms. The Bertz CT molecular complexity index is 513. The molecule has 0 aliphatic rings. The van der Waals surface area contributed by atoms with Crippen LogP contribution in [0.4, 0.5) is 0 Å². The minimum absolute atomic E-state index is 0.300. The molecule has 2 aromatic rings. The Morgan fingerprint density at radius 3 is 2.75 bits per heavy atom. The molecule has 1 heterocycles. The molecule has 1 unspecified atom stereocenters. The third-order valence-corrected chi connectivity index (χ3v) is 4.54. The van der Waals surface area contributed by atoms with Crippen LogP contribution in [0.5, 0.6) is 0 Å². The summed E-state index contributed by atoms with van der Waals surface area (Å²) in [7, 11) is 4.16. The van der Waals surface area contributed by atoms with E-state index in [1.807, 2.05) is 25.2 Å². The summed E-state index contributed by atoms with van der Waals surface area (Å²) in [5.41, 5.74) is 2.57. The number of benzene rings is 1. The molecule has 0 aliphatic heterocycles. The van der Waals surface area contributed by atoms with Crippen molar-refractivity contribution in [1.82, 2.24) is 10.2 Å². The van der Waals surface area contributed by atoms with Crippen molar-refractivity contribution in [2.45, 2.75) is 19.0 Å². The van der Waals surface area contributed by atoms with Crippen molar-refractivity contribution in [1.29, 1.82) is 0 Å². The highest BCUT2D eigenvalue weighted by Gasteiger charge is 2.13. The van der Waals surface area contributed by atoms with Crippen LogP contribution >= 0.6 is 22.9 Å². The Balaban J connectivity index is 1.89. The molecule has 0 spiro atoms. The zero-order valence-electron chi connectivity index (χ0n) is 12.0. The first-order valence-corrected chi connectivity index (χ1v) is 8.14. The predicted molar refractivity (Wildman–Crippen MR) is 88.5 cm³/mol. The maximum atomic E-state index is 6.28. The molecule has 0 amide bonds. The molecule has 20 heavy (non-hydrogen) atoms. The van der Waals surface area contributed by atoms with Gasteiger partial charge in [0.2, 0.25) is 0 Å². The first kappa shape index (κ1) is 15.5. The molecule has 0 saturated carbocycles. The first-order valence-electron chi connectivity index (χ1n) is 6.82. The molecule has 1 aromatic heterocycles. The highest BCUT2D eigenvalue weighted by atomic mass is 35.5. The Kier molecular flexibility index (Phi) is 6.05. The lowest BCUT2D eigenvalue weighted by atomic mass is 10.0. The quantitative estimate of drug-likeness (QED) is 0.825. The topological polar surface area (TPSA) is 15.3 Å². The van der Waals surface area contributed by atoms with E-state index < -0.39 is 0 Å². The lowest BCUT2D eigenvalue weighted by Crippen LogP contribution is -2.25. The van der Waals surface area contributed by atoms with Crippen LogP contribution in [0.2, 0.25) is 5.02 Å². The molecule has 2 rings (SSSR count). The van der Waals surface area contributed by atoms with E-state index in [4.69, 9.17) is 11.6 Å². The van der Waals surface area contributed by atoms with Crippen LogP contribution < -0.4 is 5.32 Å². The van der Waals surface area contributed by atoms with Gasteiger partial charge in [-0.15, -0.1) is 0 Å². The van der Waals surface area contributed by atoms with Crippen LogP contribution in [0.1, 0.15) is 23.6 Å². The van der Waals surface area contributed by atoms with E-state index >= 15 is 0 Å². The van der Waals surface area contributed by atoms with Gasteiger partial charge in [0.25, 0.3) is 0 Å². The van der Waals surface area contributed by atoms with Gasteiger partial charge in [-0.1, -0.05) is 29.8 Å². The van der Waals surface area contributed by atoms with Crippen molar-refractivity contribution in [3.63, 3.8) is 0 Å². The van der Waals surface area contributed by atoms with Crippen LogP contribution in [0, 0.1) is 0 Å². The van der Waals surface area contributed by atoms with E-state index in [0.29, 0.717) is 6.04 Å². The van der Waals surface area contributed by atoms with Crippen LogP contribution in [-0.2, 0) is 6.54 Å². The third-order valence-electron chi connectivity index (χ3n) is 3.46. The summed E-state index contributed by atoms with van der Waals surface area (Å²) < 4.78 is 0. The summed E-state index contributed by atoms with van der Waals surface area (Å²) in [6.45, 7) is 2.04. The fourth-order valence-electron chi connectivity index (χ4n) is 2.34. The fraction of sp³-hybridized carbons (Fsp3) is 0.375. The van der Waals surface area contributed by atoms with Crippen LogP contribution in [0.25, 0.3) is 0 Å². The average molecular weight is 309 g/mol. The van der Waals surface area contributed by atoms with Crippen molar-refractivity contribution in [3.8, 4) is 0 Å². The zero-order valence-corrected chi connectivity index (χ0v) is 13.5. The Morgan fingerprint density at radius 1 is 1.30 bits per heavy atom. The minimum Gasteiger partial charge on any atom is -0.313 e.